The van der Waals surface area contributed by atoms with Crippen molar-refractivity contribution in [3.63, 3.8) is 0 Å². The van der Waals surface area contributed by atoms with Crippen molar-refractivity contribution in [3.8, 4) is 0 Å². The summed E-state index contributed by atoms with van der Waals surface area (Å²) >= 11 is 0. The first-order chi connectivity index (χ1) is 8.93. The van der Waals surface area contributed by atoms with E-state index in [1.807, 2.05) is 0 Å². The van der Waals surface area contributed by atoms with Crippen LogP contribution in [-0.4, -0.2) is 43.8 Å². The lowest BCUT2D eigenvalue weighted by molar-refractivity contribution is -0.0211. The quantitative estimate of drug-likeness (QED) is 0.880. The third-order valence-electron chi connectivity index (χ3n) is 3.97. The highest BCUT2D eigenvalue weighted by Gasteiger charge is 2.29. The van der Waals surface area contributed by atoms with Crippen molar-refractivity contribution >= 4 is 0 Å². The second kappa shape index (κ2) is 5.83. The summed E-state index contributed by atoms with van der Waals surface area (Å²) in [4.78, 5) is 2.54. The Bertz CT molecular complexity index is 362. The second-order valence-corrected chi connectivity index (χ2v) is 5.26. The summed E-state index contributed by atoms with van der Waals surface area (Å²) in [6.45, 7) is 5.33. The molecule has 3 rings (SSSR count). The first-order valence-corrected chi connectivity index (χ1v) is 7.06. The lowest BCUT2D eigenvalue weighted by atomic mass is 9.99. The molecule has 0 radical (unpaired) electrons. The maximum absolute atomic E-state index is 6.00. The van der Waals surface area contributed by atoms with Gasteiger partial charge in [-0.1, -0.05) is 30.3 Å². The molecule has 2 atom stereocenters. The number of likely N-dealkylation sites (tertiary alicyclic amines) is 1. The highest BCUT2D eigenvalue weighted by molar-refractivity contribution is 5.20. The molecule has 0 bridgehead atoms. The average molecular weight is 246 g/mol. The van der Waals surface area contributed by atoms with E-state index in [0.29, 0.717) is 12.1 Å². The van der Waals surface area contributed by atoms with Crippen LogP contribution in [0.5, 0.6) is 0 Å². The Labute approximate surface area is 109 Å². The first-order valence-electron chi connectivity index (χ1n) is 7.06. The van der Waals surface area contributed by atoms with Gasteiger partial charge in [0.05, 0.1) is 18.8 Å². The molecule has 98 valence electrons. The Kier molecular flexibility index (Phi) is 3.93. The molecule has 2 fully saturated rings. The summed E-state index contributed by atoms with van der Waals surface area (Å²) < 4.78 is 6.00. The van der Waals surface area contributed by atoms with E-state index in [1.165, 1.54) is 31.5 Å². The molecule has 0 amide bonds. The van der Waals surface area contributed by atoms with Gasteiger partial charge in [0.2, 0.25) is 0 Å². The van der Waals surface area contributed by atoms with Crippen LogP contribution in [-0.2, 0) is 4.74 Å². The van der Waals surface area contributed by atoms with Gasteiger partial charge in [-0.2, -0.15) is 0 Å². The maximum Gasteiger partial charge on any atom is 0.0896 e. The van der Waals surface area contributed by atoms with E-state index in [-0.39, 0.29) is 0 Å². The van der Waals surface area contributed by atoms with Gasteiger partial charge in [0.1, 0.15) is 0 Å². The number of hydrogen-bond acceptors (Lipinski definition) is 3. The minimum atomic E-state index is 0.291. The zero-order valence-corrected chi connectivity index (χ0v) is 10.8. The van der Waals surface area contributed by atoms with Gasteiger partial charge in [0, 0.05) is 13.1 Å². The summed E-state index contributed by atoms with van der Waals surface area (Å²) in [5.74, 6) is 0. The van der Waals surface area contributed by atoms with Gasteiger partial charge in [-0.15, -0.1) is 0 Å². The number of nitrogens with zero attached hydrogens (tertiary/aromatic N) is 1. The van der Waals surface area contributed by atoms with Crippen molar-refractivity contribution in [2.45, 2.75) is 25.0 Å². The largest absolute Gasteiger partial charge is 0.374 e. The van der Waals surface area contributed by atoms with Gasteiger partial charge in [0.15, 0.2) is 0 Å². The number of nitrogens with one attached hydrogen (secondary N) is 1. The summed E-state index contributed by atoms with van der Waals surface area (Å²) in [5.41, 5.74) is 1.35. The van der Waals surface area contributed by atoms with Gasteiger partial charge in [-0.3, -0.25) is 0 Å². The third-order valence-corrected chi connectivity index (χ3v) is 3.97. The van der Waals surface area contributed by atoms with Crippen LogP contribution in [0.15, 0.2) is 30.3 Å². The predicted octanol–water partition coefficient (Wildman–Crippen LogP) is 1.81. The third kappa shape index (κ3) is 2.74. The van der Waals surface area contributed by atoms with Crippen LogP contribution >= 0.6 is 0 Å². The molecule has 3 heteroatoms. The number of hydrogen-bond donors (Lipinski definition) is 1. The van der Waals surface area contributed by atoms with Crippen molar-refractivity contribution < 1.29 is 4.74 Å². The van der Waals surface area contributed by atoms with E-state index in [1.54, 1.807) is 0 Å². The van der Waals surface area contributed by atoms with Crippen molar-refractivity contribution in [3.05, 3.63) is 35.9 Å². The molecule has 0 aromatic heterocycles. The van der Waals surface area contributed by atoms with Crippen LogP contribution in [0.3, 0.4) is 0 Å². The molecule has 2 aliphatic rings. The Balaban J connectivity index is 1.69. The van der Waals surface area contributed by atoms with Gasteiger partial charge in [-0.05, 0) is 31.5 Å². The average Bonchev–Trinajstić information content (AvgIpc) is 2.93. The maximum atomic E-state index is 6.00. The minimum absolute atomic E-state index is 0.291. The molecular formula is C15H22N2O. The Morgan fingerprint density at radius 1 is 1.17 bits per heavy atom. The van der Waals surface area contributed by atoms with Crippen LogP contribution in [0.25, 0.3) is 0 Å². The van der Waals surface area contributed by atoms with E-state index in [9.17, 15) is 0 Å². The van der Waals surface area contributed by atoms with Crippen LogP contribution in [0.4, 0.5) is 0 Å². The van der Waals surface area contributed by atoms with Crippen LogP contribution in [0, 0.1) is 0 Å². The zero-order valence-electron chi connectivity index (χ0n) is 10.8. The highest BCUT2D eigenvalue weighted by atomic mass is 16.5. The standard InChI is InChI=1S/C15H22N2O/c1-2-6-13(7-3-1)15-14(18-11-8-16-15)12-17-9-4-5-10-17/h1-3,6-7,14-16H,4-5,8-12H2/t14-,15-/m0/s1. The topological polar surface area (TPSA) is 24.5 Å². The van der Waals surface area contributed by atoms with Gasteiger partial charge in [0.25, 0.3) is 0 Å². The van der Waals surface area contributed by atoms with Crippen LogP contribution < -0.4 is 5.32 Å². The van der Waals surface area contributed by atoms with E-state index >= 15 is 0 Å². The van der Waals surface area contributed by atoms with Gasteiger partial charge >= 0.3 is 0 Å². The molecule has 2 aliphatic heterocycles. The lowest BCUT2D eigenvalue weighted by Gasteiger charge is -2.35. The molecule has 1 aromatic carbocycles. The molecular weight excluding hydrogens is 224 g/mol. The minimum Gasteiger partial charge on any atom is -0.374 e. The molecule has 1 aromatic rings. The van der Waals surface area contributed by atoms with Crippen LogP contribution in [0.2, 0.25) is 0 Å². The lowest BCUT2D eigenvalue weighted by Crippen LogP contribution is -2.47. The molecule has 0 saturated carbocycles. The molecule has 0 spiro atoms. The van der Waals surface area contributed by atoms with E-state index in [2.05, 4.69) is 40.5 Å². The zero-order chi connectivity index (χ0) is 12.2. The van der Waals surface area contributed by atoms with Crippen LogP contribution in [0.1, 0.15) is 24.4 Å². The highest BCUT2D eigenvalue weighted by Crippen LogP contribution is 2.23. The summed E-state index contributed by atoms with van der Waals surface area (Å²) in [6, 6.07) is 11.0. The molecule has 0 aliphatic carbocycles. The predicted molar refractivity (Wildman–Crippen MR) is 72.6 cm³/mol. The monoisotopic (exact) mass is 246 g/mol. The number of ether oxygens (including phenoxy) is 1. The number of benzene rings is 1. The van der Waals surface area contributed by atoms with E-state index < -0.39 is 0 Å². The molecule has 2 heterocycles. The fourth-order valence-corrected chi connectivity index (χ4v) is 3.02. The normalized spacial score (nSPS) is 29.6. The Morgan fingerprint density at radius 3 is 2.72 bits per heavy atom. The molecule has 3 nitrogen and oxygen atoms in total. The molecule has 2 saturated heterocycles. The Hall–Kier alpha value is -0.900. The fourth-order valence-electron chi connectivity index (χ4n) is 3.02. The van der Waals surface area contributed by atoms with E-state index in [4.69, 9.17) is 4.74 Å². The van der Waals surface area contributed by atoms with Crippen molar-refractivity contribution in [2.75, 3.05) is 32.8 Å². The molecule has 0 unspecified atom stereocenters. The SMILES string of the molecule is c1ccc([C@@H]2NCCO[C@H]2CN2CCCC2)cc1. The van der Waals surface area contributed by atoms with Crippen molar-refractivity contribution in [2.24, 2.45) is 0 Å². The number of morpholine rings is 1. The van der Waals surface area contributed by atoms with E-state index in [0.717, 1.165) is 19.7 Å². The van der Waals surface area contributed by atoms with Crippen molar-refractivity contribution in [1.82, 2.24) is 10.2 Å². The van der Waals surface area contributed by atoms with Gasteiger partial charge < -0.3 is 15.0 Å². The summed E-state index contributed by atoms with van der Waals surface area (Å²) in [5, 5.41) is 3.61. The van der Waals surface area contributed by atoms with Gasteiger partial charge in [-0.25, -0.2) is 0 Å². The first kappa shape index (κ1) is 12.2. The number of rotatable bonds is 3. The summed E-state index contributed by atoms with van der Waals surface area (Å²) in [7, 11) is 0. The second-order valence-electron chi connectivity index (χ2n) is 5.26. The molecule has 18 heavy (non-hydrogen) atoms. The Morgan fingerprint density at radius 2 is 1.94 bits per heavy atom. The van der Waals surface area contributed by atoms with Crippen molar-refractivity contribution in [1.29, 1.82) is 0 Å². The molecule has 1 N–H and O–H groups in total. The summed E-state index contributed by atoms with van der Waals surface area (Å²) in [6.07, 6.45) is 2.98. The smallest absolute Gasteiger partial charge is 0.0896 e. The fraction of sp³-hybridized carbons (Fsp3) is 0.600.